The van der Waals surface area contributed by atoms with E-state index in [2.05, 4.69) is 37.0 Å². The summed E-state index contributed by atoms with van der Waals surface area (Å²) in [7, 11) is 0. The van der Waals surface area contributed by atoms with Crippen molar-refractivity contribution in [2.24, 2.45) is 0 Å². The minimum Gasteiger partial charge on any atom is -0.264 e. The van der Waals surface area contributed by atoms with E-state index in [1.807, 2.05) is 26.2 Å². The molecule has 0 bridgehead atoms. The summed E-state index contributed by atoms with van der Waals surface area (Å²) in [6, 6.07) is 6.42. The first-order valence-electron chi connectivity index (χ1n) is 5.08. The van der Waals surface area contributed by atoms with Crippen LogP contribution in [0.25, 0.3) is 10.8 Å². The van der Waals surface area contributed by atoms with Crippen LogP contribution < -0.4 is 0 Å². The Bertz CT molecular complexity index is 419. The van der Waals surface area contributed by atoms with Gasteiger partial charge in [-0.2, -0.15) is 0 Å². The van der Waals surface area contributed by atoms with Gasteiger partial charge in [-0.15, -0.1) is 0 Å². The van der Waals surface area contributed by atoms with Crippen LogP contribution in [0.2, 0.25) is 0 Å². The summed E-state index contributed by atoms with van der Waals surface area (Å²) in [6.45, 7) is 8.24. The van der Waals surface area contributed by atoms with E-state index in [9.17, 15) is 0 Å². The lowest BCUT2D eigenvalue weighted by Crippen LogP contribution is -1.82. The van der Waals surface area contributed by atoms with Crippen molar-refractivity contribution in [2.75, 3.05) is 0 Å². The van der Waals surface area contributed by atoms with Gasteiger partial charge in [-0.05, 0) is 30.9 Å². The Morgan fingerprint density at radius 1 is 1.07 bits per heavy atom. The number of hydrogen-bond donors (Lipinski definition) is 0. The summed E-state index contributed by atoms with van der Waals surface area (Å²) in [6.07, 6.45) is 3.76. The molecule has 1 nitrogen and oxygen atoms in total. The predicted octanol–water partition coefficient (Wildman–Crippen LogP) is 3.88. The molecule has 2 aromatic rings. The predicted molar refractivity (Wildman–Crippen MR) is 62.6 cm³/mol. The second-order valence-corrected chi connectivity index (χ2v) is 3.18. The summed E-state index contributed by atoms with van der Waals surface area (Å²) in [5.41, 5.74) is 2.62. The monoisotopic (exact) mass is 187 g/mol. The molecule has 0 aliphatic rings. The van der Waals surface area contributed by atoms with Crippen LogP contribution in [-0.4, -0.2) is 4.98 Å². The smallest absolute Gasteiger partial charge is 0.0349 e. The van der Waals surface area contributed by atoms with E-state index in [0.717, 1.165) is 0 Å². The van der Waals surface area contributed by atoms with Crippen LogP contribution in [0, 0.1) is 13.8 Å². The van der Waals surface area contributed by atoms with Crippen LogP contribution in [0.3, 0.4) is 0 Å². The molecule has 0 atom stereocenters. The third-order valence-corrected chi connectivity index (χ3v) is 2.11. The molecule has 0 unspecified atom stereocenters. The Hall–Kier alpha value is -1.37. The Morgan fingerprint density at radius 2 is 1.79 bits per heavy atom. The maximum absolute atomic E-state index is 4.10. The number of fused-ring (bicyclic) bond motifs is 1. The van der Waals surface area contributed by atoms with Crippen LogP contribution in [-0.2, 0) is 0 Å². The largest absolute Gasteiger partial charge is 0.264 e. The van der Waals surface area contributed by atoms with Gasteiger partial charge in [-0.3, -0.25) is 4.98 Å². The number of aromatic nitrogens is 1. The molecule has 1 aromatic carbocycles. The fourth-order valence-corrected chi connectivity index (χ4v) is 1.57. The summed E-state index contributed by atoms with van der Waals surface area (Å²) in [4.78, 5) is 4.10. The molecule has 2 rings (SSSR count). The molecule has 0 spiro atoms. The van der Waals surface area contributed by atoms with Crippen molar-refractivity contribution in [3.63, 3.8) is 0 Å². The van der Waals surface area contributed by atoms with E-state index in [1.165, 1.54) is 21.9 Å². The highest BCUT2D eigenvalue weighted by Gasteiger charge is 1.96. The summed E-state index contributed by atoms with van der Waals surface area (Å²) < 4.78 is 0. The molecule has 1 aromatic heterocycles. The second-order valence-electron chi connectivity index (χ2n) is 3.18. The first-order valence-corrected chi connectivity index (χ1v) is 5.08. The highest BCUT2D eigenvalue weighted by Crippen LogP contribution is 2.18. The zero-order valence-corrected chi connectivity index (χ0v) is 9.33. The summed E-state index contributed by atoms with van der Waals surface area (Å²) >= 11 is 0. The van der Waals surface area contributed by atoms with Gasteiger partial charge in [-0.1, -0.05) is 31.5 Å². The Labute approximate surface area is 85.8 Å². The third-order valence-electron chi connectivity index (χ3n) is 2.11. The van der Waals surface area contributed by atoms with Gasteiger partial charge < -0.3 is 0 Å². The molecule has 1 heterocycles. The lowest BCUT2D eigenvalue weighted by Gasteiger charge is -2.02. The Morgan fingerprint density at radius 3 is 2.50 bits per heavy atom. The van der Waals surface area contributed by atoms with Gasteiger partial charge in [0.25, 0.3) is 0 Å². The SMILES string of the molecule is CC.Cc1cc(C)c2cnccc2c1. The summed E-state index contributed by atoms with van der Waals surface area (Å²) in [5, 5.41) is 2.53. The first kappa shape index (κ1) is 10.7. The molecular weight excluding hydrogens is 170 g/mol. The molecule has 0 aliphatic heterocycles. The number of hydrogen-bond acceptors (Lipinski definition) is 1. The van der Waals surface area contributed by atoms with Crippen molar-refractivity contribution in [3.05, 3.63) is 41.7 Å². The quantitative estimate of drug-likeness (QED) is 0.610. The molecular formula is C13H17N. The maximum atomic E-state index is 4.10. The normalized spacial score (nSPS) is 9.43. The van der Waals surface area contributed by atoms with Gasteiger partial charge in [0.05, 0.1) is 0 Å². The van der Waals surface area contributed by atoms with Gasteiger partial charge in [0.1, 0.15) is 0 Å². The number of pyridine rings is 1. The van der Waals surface area contributed by atoms with Gasteiger partial charge in [-0.25, -0.2) is 0 Å². The van der Waals surface area contributed by atoms with E-state index in [0.29, 0.717) is 0 Å². The fourth-order valence-electron chi connectivity index (χ4n) is 1.57. The van der Waals surface area contributed by atoms with E-state index < -0.39 is 0 Å². The standard InChI is InChI=1S/C11H11N.C2H6/c1-8-5-9(2)11-7-12-4-3-10(11)6-8;1-2/h3-7H,1-2H3;1-2H3. The van der Waals surface area contributed by atoms with Crippen molar-refractivity contribution in [1.29, 1.82) is 0 Å². The summed E-state index contributed by atoms with van der Waals surface area (Å²) in [5.74, 6) is 0. The van der Waals surface area contributed by atoms with E-state index in [-0.39, 0.29) is 0 Å². The molecule has 0 aliphatic carbocycles. The average molecular weight is 187 g/mol. The molecule has 0 N–H and O–H groups in total. The zero-order chi connectivity index (χ0) is 10.6. The van der Waals surface area contributed by atoms with Gasteiger partial charge >= 0.3 is 0 Å². The number of benzene rings is 1. The third kappa shape index (κ3) is 2.11. The van der Waals surface area contributed by atoms with Gasteiger partial charge in [0.15, 0.2) is 0 Å². The number of aryl methyl sites for hydroxylation is 2. The topological polar surface area (TPSA) is 12.9 Å². The zero-order valence-electron chi connectivity index (χ0n) is 9.33. The van der Waals surface area contributed by atoms with Crippen LogP contribution in [0.4, 0.5) is 0 Å². The highest BCUT2D eigenvalue weighted by atomic mass is 14.6. The molecule has 0 amide bonds. The molecule has 0 saturated carbocycles. The van der Waals surface area contributed by atoms with E-state index in [4.69, 9.17) is 0 Å². The number of nitrogens with zero attached hydrogens (tertiary/aromatic N) is 1. The fraction of sp³-hybridized carbons (Fsp3) is 0.308. The van der Waals surface area contributed by atoms with Gasteiger partial charge in [0.2, 0.25) is 0 Å². The van der Waals surface area contributed by atoms with Crippen molar-refractivity contribution < 1.29 is 0 Å². The van der Waals surface area contributed by atoms with Crippen LogP contribution in [0.5, 0.6) is 0 Å². The maximum Gasteiger partial charge on any atom is 0.0349 e. The van der Waals surface area contributed by atoms with Crippen LogP contribution in [0.15, 0.2) is 30.6 Å². The molecule has 74 valence electrons. The van der Waals surface area contributed by atoms with Crippen molar-refractivity contribution >= 4 is 10.8 Å². The minimum atomic E-state index is 1.25. The van der Waals surface area contributed by atoms with Gasteiger partial charge in [0, 0.05) is 17.8 Å². The van der Waals surface area contributed by atoms with Crippen molar-refractivity contribution in [1.82, 2.24) is 4.98 Å². The van der Waals surface area contributed by atoms with Crippen molar-refractivity contribution in [3.8, 4) is 0 Å². The van der Waals surface area contributed by atoms with Crippen LogP contribution in [0.1, 0.15) is 25.0 Å². The Balaban J connectivity index is 0.000000461. The van der Waals surface area contributed by atoms with E-state index in [1.54, 1.807) is 0 Å². The average Bonchev–Trinajstić information content (AvgIpc) is 2.20. The minimum absolute atomic E-state index is 1.25. The lowest BCUT2D eigenvalue weighted by molar-refractivity contribution is 1.34. The molecule has 0 fully saturated rings. The second kappa shape index (κ2) is 4.75. The van der Waals surface area contributed by atoms with Crippen LogP contribution >= 0.6 is 0 Å². The number of rotatable bonds is 0. The van der Waals surface area contributed by atoms with Crippen molar-refractivity contribution in [2.45, 2.75) is 27.7 Å². The molecule has 1 heteroatoms. The Kier molecular flexibility index (Phi) is 3.63. The molecule has 0 radical (unpaired) electrons. The molecule has 14 heavy (non-hydrogen) atoms. The molecule has 0 saturated heterocycles. The first-order chi connectivity index (χ1) is 6.77. The van der Waals surface area contributed by atoms with E-state index >= 15 is 0 Å². The highest BCUT2D eigenvalue weighted by molar-refractivity contribution is 5.85. The lowest BCUT2D eigenvalue weighted by atomic mass is 10.0.